The average molecular weight is 587 g/mol. The van der Waals surface area contributed by atoms with Gasteiger partial charge in [-0.2, -0.15) is 17.5 Å². The number of rotatable bonds is 8. The van der Waals surface area contributed by atoms with Gasteiger partial charge in [-0.1, -0.05) is 65.7 Å². The maximum atomic E-state index is 13.3. The van der Waals surface area contributed by atoms with Gasteiger partial charge in [0.25, 0.3) is 0 Å². The minimum Gasteiger partial charge on any atom is -0.367 e. The quantitative estimate of drug-likeness (QED) is 0.305. The molecular formula is C27H27Cl2F3N2O3S. The predicted molar refractivity (Wildman–Crippen MR) is 142 cm³/mol. The van der Waals surface area contributed by atoms with Gasteiger partial charge in [0.05, 0.1) is 17.2 Å². The number of piperazine rings is 1. The largest absolute Gasteiger partial charge is 0.416 e. The monoisotopic (exact) mass is 586 g/mol. The van der Waals surface area contributed by atoms with Crippen molar-refractivity contribution in [3.63, 3.8) is 0 Å². The van der Waals surface area contributed by atoms with Crippen molar-refractivity contribution in [2.24, 2.45) is 0 Å². The van der Waals surface area contributed by atoms with Crippen LogP contribution in [-0.2, 0) is 20.9 Å². The van der Waals surface area contributed by atoms with Gasteiger partial charge in [-0.05, 0) is 47.9 Å². The molecule has 0 radical (unpaired) electrons. The van der Waals surface area contributed by atoms with Gasteiger partial charge in [0.15, 0.2) is 0 Å². The molecule has 0 aromatic heterocycles. The Bertz CT molecular complexity index is 1360. The van der Waals surface area contributed by atoms with Gasteiger partial charge >= 0.3 is 6.18 Å². The van der Waals surface area contributed by atoms with Gasteiger partial charge in [0, 0.05) is 37.7 Å². The molecule has 0 spiro atoms. The maximum absolute atomic E-state index is 13.3. The molecule has 0 aliphatic carbocycles. The first kappa shape index (κ1) is 28.9. The lowest BCUT2D eigenvalue weighted by atomic mass is 9.99. The van der Waals surface area contributed by atoms with Crippen LogP contribution in [0, 0.1) is 6.92 Å². The van der Waals surface area contributed by atoms with Crippen molar-refractivity contribution in [2.75, 3.05) is 39.3 Å². The minimum atomic E-state index is -4.45. The highest BCUT2D eigenvalue weighted by atomic mass is 35.5. The summed E-state index contributed by atoms with van der Waals surface area (Å²) in [6.45, 7) is 3.98. The van der Waals surface area contributed by atoms with Gasteiger partial charge in [-0.15, -0.1) is 0 Å². The number of alkyl halides is 3. The third-order valence-electron chi connectivity index (χ3n) is 6.47. The molecule has 1 aliphatic rings. The van der Waals surface area contributed by atoms with Crippen molar-refractivity contribution in [3.05, 3.63) is 99.0 Å². The molecule has 1 unspecified atom stereocenters. The minimum absolute atomic E-state index is 0.0321. The lowest BCUT2D eigenvalue weighted by Crippen LogP contribution is -2.49. The summed E-state index contributed by atoms with van der Waals surface area (Å²) in [6.07, 6.45) is -5.12. The van der Waals surface area contributed by atoms with E-state index in [4.69, 9.17) is 27.9 Å². The van der Waals surface area contributed by atoms with E-state index in [-0.39, 0.29) is 29.6 Å². The SMILES string of the molecule is Cc1cc(S(=O)(=O)N2CCN(CCOC(c3ccccc3)c3cccc(C(F)(F)F)c3)CC2)c(Cl)cc1Cl. The van der Waals surface area contributed by atoms with Crippen molar-refractivity contribution >= 4 is 33.2 Å². The summed E-state index contributed by atoms with van der Waals surface area (Å²) in [6, 6.07) is 17.2. The van der Waals surface area contributed by atoms with Gasteiger partial charge in [-0.25, -0.2) is 8.42 Å². The van der Waals surface area contributed by atoms with E-state index in [9.17, 15) is 21.6 Å². The standard InChI is InChI=1S/C27H27Cl2F3N2O3S/c1-19-16-25(24(29)18-23(19)28)38(35,36)34-12-10-33(11-13-34)14-15-37-26(20-6-3-2-4-7-20)21-8-5-9-22(17-21)27(30,31)32/h2-9,16-18,26H,10-15H2,1H3. The molecule has 38 heavy (non-hydrogen) atoms. The molecule has 1 saturated heterocycles. The van der Waals surface area contributed by atoms with Gasteiger partial charge in [-0.3, -0.25) is 4.90 Å². The van der Waals surface area contributed by atoms with Gasteiger partial charge in [0.1, 0.15) is 11.0 Å². The van der Waals surface area contributed by atoms with E-state index in [0.29, 0.717) is 35.8 Å². The molecule has 5 nitrogen and oxygen atoms in total. The molecule has 11 heteroatoms. The normalized spacial score (nSPS) is 16.5. The predicted octanol–water partition coefficient (Wildman–Crippen LogP) is 6.43. The number of ether oxygens (including phenoxy) is 1. The summed E-state index contributed by atoms with van der Waals surface area (Å²) in [5, 5.41) is 0.482. The number of hydrogen-bond acceptors (Lipinski definition) is 4. The van der Waals surface area contributed by atoms with E-state index in [1.54, 1.807) is 13.0 Å². The first-order valence-corrected chi connectivity index (χ1v) is 14.2. The molecule has 0 N–H and O–H groups in total. The zero-order valence-corrected chi connectivity index (χ0v) is 22.9. The lowest BCUT2D eigenvalue weighted by Gasteiger charge is -2.34. The summed E-state index contributed by atoms with van der Waals surface area (Å²) in [5.41, 5.74) is 1.06. The fraction of sp³-hybridized carbons (Fsp3) is 0.333. The highest BCUT2D eigenvalue weighted by Gasteiger charge is 2.32. The van der Waals surface area contributed by atoms with Gasteiger partial charge in [0.2, 0.25) is 10.0 Å². The van der Waals surface area contributed by atoms with E-state index >= 15 is 0 Å². The Morgan fingerprint density at radius 2 is 1.55 bits per heavy atom. The number of halogens is 5. The summed E-state index contributed by atoms with van der Waals surface area (Å²) in [5.74, 6) is 0. The first-order chi connectivity index (χ1) is 18.0. The number of aryl methyl sites for hydroxylation is 1. The molecule has 1 atom stereocenters. The zero-order valence-electron chi connectivity index (χ0n) is 20.6. The van der Waals surface area contributed by atoms with Crippen LogP contribution >= 0.6 is 23.2 Å². The summed E-state index contributed by atoms with van der Waals surface area (Å²) in [4.78, 5) is 2.10. The number of hydrogen-bond donors (Lipinski definition) is 0. The zero-order chi connectivity index (χ0) is 27.5. The van der Waals surface area contributed by atoms with E-state index < -0.39 is 27.9 Å². The Kier molecular flexibility index (Phi) is 9.07. The van der Waals surface area contributed by atoms with Crippen LogP contribution < -0.4 is 0 Å². The summed E-state index contributed by atoms with van der Waals surface area (Å²) < 4.78 is 73.8. The first-order valence-electron chi connectivity index (χ1n) is 12.0. The van der Waals surface area contributed by atoms with E-state index in [1.165, 1.54) is 22.5 Å². The Morgan fingerprint density at radius 3 is 2.21 bits per heavy atom. The van der Waals surface area contributed by atoms with Crippen LogP contribution in [0.2, 0.25) is 10.0 Å². The lowest BCUT2D eigenvalue weighted by molar-refractivity contribution is -0.137. The van der Waals surface area contributed by atoms with Crippen LogP contribution in [0.15, 0.2) is 71.6 Å². The second-order valence-corrected chi connectivity index (χ2v) is 11.8. The van der Waals surface area contributed by atoms with Crippen LogP contribution in [0.25, 0.3) is 0 Å². The van der Waals surface area contributed by atoms with Crippen molar-refractivity contribution in [1.29, 1.82) is 0 Å². The Hall–Kier alpha value is -2.14. The second kappa shape index (κ2) is 11.9. The van der Waals surface area contributed by atoms with Crippen molar-refractivity contribution in [1.82, 2.24) is 9.21 Å². The maximum Gasteiger partial charge on any atom is 0.416 e. The molecule has 0 bridgehead atoms. The third kappa shape index (κ3) is 6.70. The Morgan fingerprint density at radius 1 is 0.895 bits per heavy atom. The van der Waals surface area contributed by atoms with E-state index in [2.05, 4.69) is 4.90 Å². The Labute approximate surface area is 230 Å². The van der Waals surface area contributed by atoms with Crippen LogP contribution in [0.4, 0.5) is 13.2 Å². The van der Waals surface area contributed by atoms with Crippen LogP contribution in [0.5, 0.6) is 0 Å². The fourth-order valence-corrected chi connectivity index (χ4v) is 6.58. The fourth-order valence-electron chi connectivity index (χ4n) is 4.35. The van der Waals surface area contributed by atoms with Crippen molar-refractivity contribution in [2.45, 2.75) is 24.1 Å². The van der Waals surface area contributed by atoms with E-state index in [1.807, 2.05) is 30.3 Å². The van der Waals surface area contributed by atoms with E-state index in [0.717, 1.165) is 17.7 Å². The molecule has 4 rings (SSSR count). The average Bonchev–Trinajstić information content (AvgIpc) is 2.89. The molecule has 1 aliphatic heterocycles. The summed E-state index contributed by atoms with van der Waals surface area (Å²) in [7, 11) is -3.78. The van der Waals surface area contributed by atoms with Crippen molar-refractivity contribution < 1.29 is 26.3 Å². The third-order valence-corrected chi connectivity index (χ3v) is 9.24. The molecule has 1 heterocycles. The van der Waals surface area contributed by atoms with Crippen LogP contribution in [0.3, 0.4) is 0 Å². The molecule has 3 aromatic carbocycles. The van der Waals surface area contributed by atoms with Crippen molar-refractivity contribution in [3.8, 4) is 0 Å². The molecule has 1 fully saturated rings. The van der Waals surface area contributed by atoms with Gasteiger partial charge < -0.3 is 4.74 Å². The highest BCUT2D eigenvalue weighted by Crippen LogP contribution is 2.34. The number of benzene rings is 3. The number of nitrogens with zero attached hydrogens (tertiary/aromatic N) is 2. The highest BCUT2D eigenvalue weighted by molar-refractivity contribution is 7.89. The Balaban J connectivity index is 1.39. The molecule has 3 aromatic rings. The van der Waals surface area contributed by atoms with Crippen LogP contribution in [0.1, 0.15) is 28.4 Å². The smallest absolute Gasteiger partial charge is 0.367 e. The molecular weight excluding hydrogens is 560 g/mol. The number of sulfonamides is 1. The second-order valence-electron chi connectivity index (χ2n) is 9.06. The molecule has 0 amide bonds. The topological polar surface area (TPSA) is 49.9 Å². The van der Waals surface area contributed by atoms with Crippen LogP contribution in [-0.4, -0.2) is 57.0 Å². The molecule has 0 saturated carbocycles. The molecule has 204 valence electrons. The summed E-state index contributed by atoms with van der Waals surface area (Å²) >= 11 is 12.2.